The Bertz CT molecular complexity index is 444. The lowest BCUT2D eigenvalue weighted by molar-refractivity contribution is 0.276. The molecular formula is C10H15N3OS. The van der Waals surface area contributed by atoms with Crippen molar-refractivity contribution in [1.29, 1.82) is 0 Å². The van der Waals surface area contributed by atoms with Crippen molar-refractivity contribution in [3.8, 4) is 0 Å². The van der Waals surface area contributed by atoms with Gasteiger partial charge in [0, 0.05) is 24.7 Å². The second-order valence-electron chi connectivity index (χ2n) is 3.27. The summed E-state index contributed by atoms with van der Waals surface area (Å²) < 4.78 is 1.96. The molecule has 0 aliphatic heterocycles. The lowest BCUT2D eigenvalue weighted by Gasteiger charge is -2.19. The Kier molecular flexibility index (Phi) is 2.93. The van der Waals surface area contributed by atoms with Gasteiger partial charge in [0.1, 0.15) is 0 Å². The van der Waals surface area contributed by atoms with Crippen LogP contribution >= 0.6 is 11.3 Å². The lowest BCUT2D eigenvalue weighted by Crippen LogP contribution is -2.23. The van der Waals surface area contributed by atoms with Crippen molar-refractivity contribution in [3.05, 3.63) is 17.3 Å². The molecule has 2 aromatic rings. The Balaban J connectivity index is 2.53. The summed E-state index contributed by atoms with van der Waals surface area (Å²) in [5.41, 5.74) is 0.884. The van der Waals surface area contributed by atoms with Crippen LogP contribution in [0, 0.1) is 0 Å². The van der Waals surface area contributed by atoms with Gasteiger partial charge in [-0.1, -0.05) is 0 Å². The SMILES string of the molecule is CCN(CC)c1nc2sccn2c1CO. The van der Waals surface area contributed by atoms with Gasteiger partial charge in [0.25, 0.3) is 0 Å². The minimum absolute atomic E-state index is 0.0315. The summed E-state index contributed by atoms with van der Waals surface area (Å²) in [6.45, 7) is 6.04. The van der Waals surface area contributed by atoms with Gasteiger partial charge in [-0.05, 0) is 13.8 Å². The Hall–Kier alpha value is -1.07. The van der Waals surface area contributed by atoms with Crippen LogP contribution in [0.2, 0.25) is 0 Å². The van der Waals surface area contributed by atoms with Crippen LogP contribution in [0.5, 0.6) is 0 Å². The number of aliphatic hydroxyl groups excluding tert-OH is 1. The maximum Gasteiger partial charge on any atom is 0.195 e. The summed E-state index contributed by atoms with van der Waals surface area (Å²) in [5.74, 6) is 0.911. The fourth-order valence-electron chi connectivity index (χ4n) is 1.74. The average molecular weight is 225 g/mol. The number of hydrogen-bond donors (Lipinski definition) is 1. The standard InChI is InChI=1S/C10H15N3OS/c1-3-12(4-2)9-8(7-14)13-5-6-15-10(13)11-9/h5-6,14H,3-4,7H2,1-2H3. The van der Waals surface area contributed by atoms with Crippen LogP contribution in [-0.2, 0) is 6.61 Å². The molecule has 0 fully saturated rings. The highest BCUT2D eigenvalue weighted by molar-refractivity contribution is 7.15. The summed E-state index contributed by atoms with van der Waals surface area (Å²) >= 11 is 1.59. The molecule has 0 saturated heterocycles. The summed E-state index contributed by atoms with van der Waals surface area (Å²) in [6.07, 6.45) is 1.95. The number of imidazole rings is 1. The van der Waals surface area contributed by atoms with Crippen LogP contribution < -0.4 is 4.90 Å². The minimum atomic E-state index is 0.0315. The second-order valence-corrected chi connectivity index (χ2v) is 4.14. The Labute approximate surface area is 92.8 Å². The Morgan fingerprint density at radius 1 is 1.47 bits per heavy atom. The van der Waals surface area contributed by atoms with Crippen molar-refractivity contribution >= 4 is 22.1 Å². The molecule has 2 aromatic heterocycles. The predicted octanol–water partition coefficient (Wildman–Crippen LogP) is 1.73. The number of aromatic nitrogens is 2. The van der Waals surface area contributed by atoms with E-state index in [2.05, 4.69) is 23.7 Å². The third-order valence-electron chi connectivity index (χ3n) is 2.55. The highest BCUT2D eigenvalue weighted by Gasteiger charge is 2.15. The number of fused-ring (bicyclic) bond motifs is 1. The third kappa shape index (κ3) is 1.61. The normalized spacial score (nSPS) is 11.1. The molecule has 1 N–H and O–H groups in total. The third-order valence-corrected chi connectivity index (χ3v) is 3.31. The molecule has 0 spiro atoms. The van der Waals surface area contributed by atoms with E-state index in [1.165, 1.54) is 0 Å². The van der Waals surface area contributed by atoms with E-state index in [0.29, 0.717) is 0 Å². The van der Waals surface area contributed by atoms with Gasteiger partial charge in [0.05, 0.1) is 12.3 Å². The van der Waals surface area contributed by atoms with E-state index >= 15 is 0 Å². The van der Waals surface area contributed by atoms with Crippen molar-refractivity contribution in [2.75, 3.05) is 18.0 Å². The zero-order chi connectivity index (χ0) is 10.8. The summed E-state index contributed by atoms with van der Waals surface area (Å²) in [6, 6.07) is 0. The van der Waals surface area contributed by atoms with Gasteiger partial charge in [-0.25, -0.2) is 4.98 Å². The van der Waals surface area contributed by atoms with Crippen molar-refractivity contribution in [1.82, 2.24) is 9.38 Å². The van der Waals surface area contributed by atoms with Crippen LogP contribution in [0.4, 0.5) is 5.82 Å². The molecule has 0 aromatic carbocycles. The monoisotopic (exact) mass is 225 g/mol. The number of rotatable bonds is 4. The molecule has 0 radical (unpaired) electrons. The highest BCUT2D eigenvalue weighted by Crippen LogP contribution is 2.24. The van der Waals surface area contributed by atoms with Crippen LogP contribution in [0.15, 0.2) is 11.6 Å². The van der Waals surface area contributed by atoms with Gasteiger partial charge >= 0.3 is 0 Å². The van der Waals surface area contributed by atoms with E-state index in [1.54, 1.807) is 11.3 Å². The van der Waals surface area contributed by atoms with Crippen LogP contribution in [0.1, 0.15) is 19.5 Å². The number of hydrogen-bond acceptors (Lipinski definition) is 4. The van der Waals surface area contributed by atoms with E-state index in [1.807, 2.05) is 16.0 Å². The van der Waals surface area contributed by atoms with Crippen molar-refractivity contribution in [2.24, 2.45) is 0 Å². The van der Waals surface area contributed by atoms with Gasteiger partial charge in [-0.3, -0.25) is 4.40 Å². The van der Waals surface area contributed by atoms with Gasteiger partial charge in [0.15, 0.2) is 10.8 Å². The molecule has 4 nitrogen and oxygen atoms in total. The molecule has 15 heavy (non-hydrogen) atoms. The molecule has 5 heteroatoms. The number of thiazole rings is 1. The summed E-state index contributed by atoms with van der Waals surface area (Å²) in [4.78, 5) is 7.64. The number of nitrogens with zero attached hydrogens (tertiary/aromatic N) is 3. The first kappa shape index (κ1) is 10.4. The fourth-order valence-corrected chi connectivity index (χ4v) is 2.47. The molecule has 0 unspecified atom stereocenters. The molecule has 0 atom stereocenters. The minimum Gasteiger partial charge on any atom is -0.390 e. The molecule has 0 bridgehead atoms. The van der Waals surface area contributed by atoms with Gasteiger partial charge < -0.3 is 10.0 Å². The molecule has 0 amide bonds. The van der Waals surface area contributed by atoms with E-state index < -0.39 is 0 Å². The van der Waals surface area contributed by atoms with Gasteiger partial charge in [-0.15, -0.1) is 11.3 Å². The molecule has 2 heterocycles. The van der Waals surface area contributed by atoms with E-state index in [9.17, 15) is 5.11 Å². The topological polar surface area (TPSA) is 40.8 Å². The van der Waals surface area contributed by atoms with E-state index in [0.717, 1.165) is 29.6 Å². The summed E-state index contributed by atoms with van der Waals surface area (Å²) in [5, 5.41) is 11.4. The van der Waals surface area contributed by atoms with Gasteiger partial charge in [-0.2, -0.15) is 0 Å². The summed E-state index contributed by atoms with van der Waals surface area (Å²) in [7, 11) is 0. The Morgan fingerprint density at radius 2 is 2.20 bits per heavy atom. The smallest absolute Gasteiger partial charge is 0.195 e. The maximum absolute atomic E-state index is 9.38. The molecule has 82 valence electrons. The number of aliphatic hydroxyl groups is 1. The van der Waals surface area contributed by atoms with Crippen LogP contribution in [0.3, 0.4) is 0 Å². The van der Waals surface area contributed by atoms with Crippen LogP contribution in [0.25, 0.3) is 4.96 Å². The highest BCUT2D eigenvalue weighted by atomic mass is 32.1. The molecule has 0 aliphatic carbocycles. The molecule has 0 saturated carbocycles. The van der Waals surface area contributed by atoms with Gasteiger partial charge in [0.2, 0.25) is 0 Å². The Morgan fingerprint density at radius 3 is 2.80 bits per heavy atom. The molecule has 2 rings (SSSR count). The zero-order valence-corrected chi connectivity index (χ0v) is 9.79. The van der Waals surface area contributed by atoms with E-state index in [4.69, 9.17) is 0 Å². The zero-order valence-electron chi connectivity index (χ0n) is 8.97. The molecule has 0 aliphatic rings. The maximum atomic E-state index is 9.38. The fraction of sp³-hybridized carbons (Fsp3) is 0.500. The predicted molar refractivity (Wildman–Crippen MR) is 62.6 cm³/mol. The van der Waals surface area contributed by atoms with Crippen molar-refractivity contribution in [2.45, 2.75) is 20.5 Å². The first-order valence-electron chi connectivity index (χ1n) is 5.12. The second kappa shape index (κ2) is 4.20. The molecular weight excluding hydrogens is 210 g/mol. The average Bonchev–Trinajstić information content (AvgIpc) is 2.79. The first-order valence-corrected chi connectivity index (χ1v) is 6.00. The largest absolute Gasteiger partial charge is 0.390 e. The lowest BCUT2D eigenvalue weighted by atomic mass is 10.4. The first-order chi connectivity index (χ1) is 7.31. The quantitative estimate of drug-likeness (QED) is 0.861. The van der Waals surface area contributed by atoms with Crippen LogP contribution in [-0.4, -0.2) is 27.6 Å². The van der Waals surface area contributed by atoms with E-state index in [-0.39, 0.29) is 6.61 Å². The number of anilines is 1. The van der Waals surface area contributed by atoms with Crippen molar-refractivity contribution in [3.63, 3.8) is 0 Å². The van der Waals surface area contributed by atoms with Crippen molar-refractivity contribution < 1.29 is 5.11 Å².